The van der Waals surface area contributed by atoms with Crippen LogP contribution in [0.15, 0.2) is 47.5 Å². The summed E-state index contributed by atoms with van der Waals surface area (Å²) in [6.07, 6.45) is 3.43. The monoisotopic (exact) mass is 377 g/mol. The summed E-state index contributed by atoms with van der Waals surface area (Å²) in [6, 6.07) is 11.1. The lowest BCUT2D eigenvalue weighted by Crippen LogP contribution is -2.14. The highest BCUT2D eigenvalue weighted by Crippen LogP contribution is 2.36. The minimum atomic E-state index is -0.570. The minimum absolute atomic E-state index is 0.289. The fourth-order valence-corrected chi connectivity index (χ4v) is 3.27. The first-order valence-corrected chi connectivity index (χ1v) is 8.97. The Labute approximate surface area is 153 Å². The number of rotatable bonds is 4. The fourth-order valence-electron chi connectivity index (χ4n) is 2.39. The molecule has 1 amide bonds. The summed E-state index contributed by atoms with van der Waals surface area (Å²) in [7, 11) is 0. The van der Waals surface area contributed by atoms with Crippen molar-refractivity contribution in [2.45, 2.75) is 4.90 Å². The predicted octanol–water partition coefficient (Wildman–Crippen LogP) is 5.11. The number of amides is 1. The standard InChI is InChI=1S/C17H13Cl2N3OS/c1-24-15-5-3-2-4-13(15)22-16-9-6-11(18)12(19)7-14(9)21-8-10(16)17(20)23/h2-8H,1H3,(H2,20,23)(H,21,22). The van der Waals surface area contributed by atoms with Gasteiger partial charge in [-0.25, -0.2) is 0 Å². The lowest BCUT2D eigenvalue weighted by Gasteiger charge is -2.15. The molecule has 2 aromatic carbocycles. The molecule has 0 radical (unpaired) electrons. The number of nitrogens with two attached hydrogens (primary N) is 1. The van der Waals surface area contributed by atoms with E-state index in [0.717, 1.165) is 10.6 Å². The van der Waals surface area contributed by atoms with Gasteiger partial charge in [0.05, 0.1) is 32.5 Å². The zero-order valence-electron chi connectivity index (χ0n) is 12.6. The van der Waals surface area contributed by atoms with Crippen molar-refractivity contribution in [1.82, 2.24) is 4.98 Å². The van der Waals surface area contributed by atoms with Crippen LogP contribution in [-0.4, -0.2) is 17.1 Å². The summed E-state index contributed by atoms with van der Waals surface area (Å²) >= 11 is 13.8. The molecule has 0 unspecified atom stereocenters. The molecule has 4 nitrogen and oxygen atoms in total. The van der Waals surface area contributed by atoms with Gasteiger partial charge in [-0.1, -0.05) is 35.3 Å². The molecule has 0 aliphatic heterocycles. The smallest absolute Gasteiger partial charge is 0.252 e. The molecule has 0 fully saturated rings. The molecule has 3 N–H and O–H groups in total. The van der Waals surface area contributed by atoms with Crippen LogP contribution in [0.4, 0.5) is 11.4 Å². The molecule has 7 heteroatoms. The highest BCUT2D eigenvalue weighted by atomic mass is 35.5. The van der Waals surface area contributed by atoms with Gasteiger partial charge in [0.2, 0.25) is 0 Å². The number of carbonyl (C=O) groups excluding carboxylic acids is 1. The number of halogens is 2. The van der Waals surface area contributed by atoms with Crippen LogP contribution in [0.3, 0.4) is 0 Å². The van der Waals surface area contributed by atoms with Crippen molar-refractivity contribution in [2.24, 2.45) is 5.73 Å². The van der Waals surface area contributed by atoms with Crippen molar-refractivity contribution >= 4 is 63.1 Å². The molecule has 0 aliphatic carbocycles. The van der Waals surface area contributed by atoms with E-state index < -0.39 is 5.91 Å². The number of aromatic nitrogens is 1. The van der Waals surface area contributed by atoms with E-state index in [4.69, 9.17) is 28.9 Å². The maximum Gasteiger partial charge on any atom is 0.252 e. The van der Waals surface area contributed by atoms with Crippen LogP contribution < -0.4 is 11.1 Å². The van der Waals surface area contributed by atoms with Crippen molar-refractivity contribution in [1.29, 1.82) is 0 Å². The molecule has 1 aromatic heterocycles. The number of nitrogens with one attached hydrogen (secondary N) is 1. The van der Waals surface area contributed by atoms with Crippen LogP contribution in [-0.2, 0) is 0 Å². The Morgan fingerprint density at radius 1 is 1.21 bits per heavy atom. The number of carbonyl (C=O) groups is 1. The van der Waals surface area contributed by atoms with Crippen LogP contribution in [0, 0.1) is 0 Å². The number of para-hydroxylation sites is 1. The number of benzene rings is 2. The van der Waals surface area contributed by atoms with Gasteiger partial charge in [0.1, 0.15) is 0 Å². The molecule has 0 saturated heterocycles. The Balaban J connectivity index is 2.25. The van der Waals surface area contributed by atoms with Gasteiger partial charge in [-0.15, -0.1) is 11.8 Å². The molecular formula is C17H13Cl2N3OS. The van der Waals surface area contributed by atoms with E-state index >= 15 is 0 Å². The van der Waals surface area contributed by atoms with Crippen LogP contribution in [0.5, 0.6) is 0 Å². The van der Waals surface area contributed by atoms with Gasteiger partial charge >= 0.3 is 0 Å². The molecule has 0 bridgehead atoms. The molecular weight excluding hydrogens is 365 g/mol. The SMILES string of the molecule is CSc1ccccc1Nc1c(C(N)=O)cnc2cc(Cl)c(Cl)cc12. The topological polar surface area (TPSA) is 68.0 Å². The number of anilines is 2. The van der Waals surface area contributed by atoms with Gasteiger partial charge in [0.15, 0.2) is 0 Å². The molecule has 0 saturated carbocycles. The number of nitrogens with zero attached hydrogens (tertiary/aromatic N) is 1. The first-order valence-electron chi connectivity index (χ1n) is 6.99. The van der Waals surface area contributed by atoms with Crippen molar-refractivity contribution in [3.05, 3.63) is 58.2 Å². The van der Waals surface area contributed by atoms with Gasteiger partial charge in [-0.2, -0.15) is 0 Å². The van der Waals surface area contributed by atoms with E-state index in [1.165, 1.54) is 6.20 Å². The summed E-state index contributed by atoms with van der Waals surface area (Å²) in [6.45, 7) is 0. The van der Waals surface area contributed by atoms with Crippen LogP contribution in [0.2, 0.25) is 10.0 Å². The average Bonchev–Trinajstić information content (AvgIpc) is 2.56. The van der Waals surface area contributed by atoms with E-state index in [9.17, 15) is 4.79 Å². The molecule has 3 rings (SSSR count). The maximum absolute atomic E-state index is 11.8. The Hall–Kier alpha value is -1.95. The van der Waals surface area contributed by atoms with Crippen LogP contribution >= 0.6 is 35.0 Å². The van der Waals surface area contributed by atoms with Gasteiger partial charge in [-0.05, 0) is 30.5 Å². The number of hydrogen-bond donors (Lipinski definition) is 2. The Morgan fingerprint density at radius 3 is 2.62 bits per heavy atom. The fraction of sp³-hybridized carbons (Fsp3) is 0.0588. The highest BCUT2D eigenvalue weighted by molar-refractivity contribution is 7.98. The second-order valence-corrected chi connectivity index (χ2v) is 6.68. The summed E-state index contributed by atoms with van der Waals surface area (Å²) < 4.78 is 0. The van der Waals surface area contributed by atoms with E-state index in [-0.39, 0.29) is 5.56 Å². The average molecular weight is 378 g/mol. The number of primary amides is 1. The third-order valence-electron chi connectivity index (χ3n) is 3.54. The van der Waals surface area contributed by atoms with Crippen LogP contribution in [0.25, 0.3) is 10.9 Å². The summed E-state index contributed by atoms with van der Waals surface area (Å²) in [5.74, 6) is -0.570. The van der Waals surface area contributed by atoms with Crippen molar-refractivity contribution in [2.75, 3.05) is 11.6 Å². The van der Waals surface area contributed by atoms with E-state index in [1.54, 1.807) is 23.9 Å². The largest absolute Gasteiger partial charge is 0.365 e. The summed E-state index contributed by atoms with van der Waals surface area (Å²) in [4.78, 5) is 17.1. The lowest BCUT2D eigenvalue weighted by atomic mass is 10.1. The number of fused-ring (bicyclic) bond motifs is 1. The van der Waals surface area contributed by atoms with Gasteiger partial charge in [-0.3, -0.25) is 9.78 Å². The zero-order valence-corrected chi connectivity index (χ0v) is 15.0. The zero-order chi connectivity index (χ0) is 17.3. The Bertz CT molecular complexity index is 947. The molecule has 1 heterocycles. The van der Waals surface area contributed by atoms with Crippen molar-refractivity contribution < 1.29 is 4.79 Å². The van der Waals surface area contributed by atoms with Crippen LogP contribution in [0.1, 0.15) is 10.4 Å². The predicted molar refractivity (Wildman–Crippen MR) is 102 cm³/mol. The van der Waals surface area contributed by atoms with Gasteiger partial charge in [0, 0.05) is 16.5 Å². The van der Waals surface area contributed by atoms with E-state index in [2.05, 4.69) is 10.3 Å². The quantitative estimate of drug-likeness (QED) is 0.620. The summed E-state index contributed by atoms with van der Waals surface area (Å²) in [5.41, 5.74) is 7.86. The summed E-state index contributed by atoms with van der Waals surface area (Å²) in [5, 5.41) is 4.76. The van der Waals surface area contributed by atoms with E-state index in [1.807, 2.05) is 30.5 Å². The molecule has 24 heavy (non-hydrogen) atoms. The van der Waals surface area contributed by atoms with E-state index in [0.29, 0.717) is 26.6 Å². The molecule has 0 atom stereocenters. The number of pyridine rings is 1. The first-order chi connectivity index (χ1) is 11.5. The normalized spacial score (nSPS) is 10.8. The molecule has 0 aliphatic rings. The van der Waals surface area contributed by atoms with Gasteiger partial charge < -0.3 is 11.1 Å². The second-order valence-electron chi connectivity index (χ2n) is 5.02. The number of thioether (sulfide) groups is 1. The highest BCUT2D eigenvalue weighted by Gasteiger charge is 2.16. The first kappa shape index (κ1) is 16.9. The maximum atomic E-state index is 11.8. The van der Waals surface area contributed by atoms with Crippen molar-refractivity contribution in [3.63, 3.8) is 0 Å². The lowest BCUT2D eigenvalue weighted by molar-refractivity contribution is 0.100. The third kappa shape index (κ3) is 3.15. The molecule has 0 spiro atoms. The van der Waals surface area contributed by atoms with Crippen molar-refractivity contribution in [3.8, 4) is 0 Å². The Kier molecular flexibility index (Phi) is 4.85. The van der Waals surface area contributed by atoms with Gasteiger partial charge in [0.25, 0.3) is 5.91 Å². The minimum Gasteiger partial charge on any atom is -0.365 e. The Morgan fingerprint density at radius 2 is 1.92 bits per heavy atom. The molecule has 122 valence electrons. The number of hydrogen-bond acceptors (Lipinski definition) is 4. The second kappa shape index (κ2) is 6.89. The molecule has 3 aromatic rings. The third-order valence-corrected chi connectivity index (χ3v) is 5.06.